The number of hydrogen-bond acceptors (Lipinski definition) is 4. The van der Waals surface area contributed by atoms with Gasteiger partial charge in [-0.25, -0.2) is 8.42 Å². The second-order valence-corrected chi connectivity index (χ2v) is 5.54. The Labute approximate surface area is 106 Å². The van der Waals surface area contributed by atoms with Crippen LogP contribution in [0.2, 0.25) is 0 Å². The molecular weight excluding hydrogens is 254 g/mol. The molecule has 0 aliphatic carbocycles. The molecule has 0 bridgehead atoms. The fourth-order valence-electron chi connectivity index (χ4n) is 1.22. The first-order chi connectivity index (χ1) is 8.42. The van der Waals surface area contributed by atoms with Crippen molar-refractivity contribution in [2.24, 2.45) is 0 Å². The molecule has 7 heteroatoms. The van der Waals surface area contributed by atoms with Crippen LogP contribution in [-0.4, -0.2) is 26.6 Å². The minimum Gasteiger partial charge on any atom is -0.355 e. The van der Waals surface area contributed by atoms with Gasteiger partial charge in [0.05, 0.1) is 17.3 Å². The van der Waals surface area contributed by atoms with Crippen LogP contribution in [0.3, 0.4) is 0 Å². The van der Waals surface area contributed by atoms with E-state index in [1.165, 1.54) is 26.1 Å². The maximum atomic E-state index is 11.7. The van der Waals surface area contributed by atoms with Crippen LogP contribution in [-0.2, 0) is 10.0 Å². The van der Waals surface area contributed by atoms with Gasteiger partial charge in [0.2, 0.25) is 10.0 Å². The predicted octanol–water partition coefficient (Wildman–Crippen LogP) is 0.700. The van der Waals surface area contributed by atoms with E-state index < -0.39 is 21.2 Å². The van der Waals surface area contributed by atoms with Crippen LogP contribution in [0, 0.1) is 11.3 Å². The molecule has 1 aromatic carbocycles. The zero-order chi connectivity index (χ0) is 13.8. The molecule has 0 saturated heterocycles. The van der Waals surface area contributed by atoms with Gasteiger partial charge in [-0.2, -0.15) is 5.26 Å². The SMILES string of the molecule is CNC(=O)c1ccccc1NS(=O)(=O)[C@@H](C)C#N. The fraction of sp³-hybridized carbons (Fsp3) is 0.273. The summed E-state index contributed by atoms with van der Waals surface area (Å²) >= 11 is 0. The van der Waals surface area contributed by atoms with Crippen molar-refractivity contribution in [2.45, 2.75) is 12.2 Å². The van der Waals surface area contributed by atoms with E-state index in [4.69, 9.17) is 5.26 Å². The minimum atomic E-state index is -3.82. The summed E-state index contributed by atoms with van der Waals surface area (Å²) < 4.78 is 25.7. The van der Waals surface area contributed by atoms with Crippen LogP contribution < -0.4 is 10.0 Å². The molecule has 0 spiro atoms. The molecule has 0 heterocycles. The monoisotopic (exact) mass is 267 g/mol. The van der Waals surface area contributed by atoms with Gasteiger partial charge < -0.3 is 5.32 Å². The lowest BCUT2D eigenvalue weighted by molar-refractivity contribution is 0.0964. The van der Waals surface area contributed by atoms with Crippen LogP contribution in [0.4, 0.5) is 5.69 Å². The van der Waals surface area contributed by atoms with Gasteiger partial charge in [0.1, 0.15) is 0 Å². The maximum absolute atomic E-state index is 11.7. The molecule has 0 fully saturated rings. The Morgan fingerprint density at radius 2 is 2.00 bits per heavy atom. The van der Waals surface area contributed by atoms with Crippen molar-refractivity contribution in [1.82, 2.24) is 5.32 Å². The van der Waals surface area contributed by atoms with Crippen LogP contribution in [0.15, 0.2) is 24.3 Å². The lowest BCUT2D eigenvalue weighted by atomic mass is 10.2. The van der Waals surface area contributed by atoms with E-state index in [-0.39, 0.29) is 11.3 Å². The number of nitriles is 1. The molecule has 0 aromatic heterocycles. The summed E-state index contributed by atoms with van der Waals surface area (Å²) in [4.78, 5) is 11.5. The van der Waals surface area contributed by atoms with Crippen molar-refractivity contribution in [3.8, 4) is 6.07 Å². The minimum absolute atomic E-state index is 0.152. The molecule has 0 aliphatic heterocycles. The smallest absolute Gasteiger partial charge is 0.253 e. The zero-order valence-corrected chi connectivity index (χ0v) is 10.8. The Balaban J connectivity index is 3.14. The average molecular weight is 267 g/mol. The Morgan fingerprint density at radius 3 is 2.56 bits per heavy atom. The van der Waals surface area contributed by atoms with Gasteiger partial charge in [0, 0.05) is 7.05 Å². The predicted molar refractivity (Wildman–Crippen MR) is 67.4 cm³/mol. The van der Waals surface area contributed by atoms with E-state index in [1.54, 1.807) is 18.2 Å². The molecule has 2 N–H and O–H groups in total. The number of anilines is 1. The lowest BCUT2D eigenvalue weighted by Crippen LogP contribution is -2.26. The highest BCUT2D eigenvalue weighted by Crippen LogP contribution is 2.17. The Morgan fingerprint density at radius 1 is 1.39 bits per heavy atom. The van der Waals surface area contributed by atoms with Crippen LogP contribution >= 0.6 is 0 Å². The number of hydrogen-bond donors (Lipinski definition) is 2. The maximum Gasteiger partial charge on any atom is 0.253 e. The summed E-state index contributed by atoms with van der Waals surface area (Å²) in [5.74, 6) is -0.405. The number of nitrogens with zero attached hydrogens (tertiary/aromatic N) is 1. The van der Waals surface area contributed by atoms with Gasteiger partial charge >= 0.3 is 0 Å². The average Bonchev–Trinajstić information content (AvgIpc) is 2.37. The van der Waals surface area contributed by atoms with E-state index in [0.717, 1.165) is 0 Å². The van der Waals surface area contributed by atoms with Crippen molar-refractivity contribution in [3.05, 3.63) is 29.8 Å². The van der Waals surface area contributed by atoms with Crippen molar-refractivity contribution in [3.63, 3.8) is 0 Å². The molecule has 0 saturated carbocycles. The third-order valence-electron chi connectivity index (χ3n) is 2.30. The second-order valence-electron chi connectivity index (χ2n) is 3.54. The molecule has 6 nitrogen and oxygen atoms in total. The molecule has 1 amide bonds. The summed E-state index contributed by atoms with van der Waals surface area (Å²) in [6.45, 7) is 1.27. The third-order valence-corrected chi connectivity index (χ3v) is 3.84. The fourth-order valence-corrected chi connectivity index (χ4v) is 2.02. The number of sulfonamides is 1. The van der Waals surface area contributed by atoms with Crippen molar-refractivity contribution < 1.29 is 13.2 Å². The van der Waals surface area contributed by atoms with E-state index in [1.807, 2.05) is 0 Å². The summed E-state index contributed by atoms with van der Waals surface area (Å²) in [5.41, 5.74) is 0.354. The normalized spacial score (nSPS) is 12.3. The van der Waals surface area contributed by atoms with Crippen LogP contribution in [0.1, 0.15) is 17.3 Å². The summed E-state index contributed by atoms with van der Waals surface area (Å²) in [6, 6.07) is 7.82. The highest BCUT2D eigenvalue weighted by molar-refractivity contribution is 7.93. The van der Waals surface area contributed by atoms with Gasteiger partial charge in [-0.15, -0.1) is 0 Å². The Kier molecular flexibility index (Phi) is 4.28. The number of carbonyl (C=O) groups is 1. The Hall–Kier alpha value is -2.07. The highest BCUT2D eigenvalue weighted by atomic mass is 32.2. The quantitative estimate of drug-likeness (QED) is 0.838. The molecule has 18 heavy (non-hydrogen) atoms. The van der Waals surface area contributed by atoms with Gasteiger partial charge in [-0.05, 0) is 19.1 Å². The highest BCUT2D eigenvalue weighted by Gasteiger charge is 2.22. The first-order valence-corrected chi connectivity index (χ1v) is 6.69. The first-order valence-electron chi connectivity index (χ1n) is 5.14. The number of rotatable bonds is 4. The standard InChI is InChI=1S/C11H13N3O3S/c1-8(7-12)18(16,17)14-10-6-4-3-5-9(10)11(15)13-2/h3-6,8,14H,1-2H3,(H,13,15)/t8-/m0/s1. The van der Waals surface area contributed by atoms with Crippen LogP contribution in [0.5, 0.6) is 0 Å². The Bertz CT molecular complexity index is 590. The zero-order valence-electron chi connectivity index (χ0n) is 9.97. The number of nitrogens with one attached hydrogen (secondary N) is 2. The topological polar surface area (TPSA) is 99.1 Å². The molecule has 1 atom stereocenters. The largest absolute Gasteiger partial charge is 0.355 e. The molecule has 1 rings (SSSR count). The van der Waals surface area contributed by atoms with Gasteiger partial charge in [-0.1, -0.05) is 12.1 Å². The number of benzene rings is 1. The summed E-state index contributed by atoms with van der Waals surface area (Å²) in [5, 5.41) is 9.84. The molecule has 1 aromatic rings. The molecule has 0 aliphatic rings. The van der Waals surface area contributed by atoms with Gasteiger partial charge in [0.15, 0.2) is 5.25 Å². The first kappa shape index (κ1) is 14.0. The molecule has 96 valence electrons. The van der Waals surface area contributed by atoms with Crippen LogP contribution in [0.25, 0.3) is 0 Å². The van der Waals surface area contributed by atoms with Crippen molar-refractivity contribution >= 4 is 21.6 Å². The van der Waals surface area contributed by atoms with E-state index >= 15 is 0 Å². The van der Waals surface area contributed by atoms with E-state index in [0.29, 0.717) is 0 Å². The van der Waals surface area contributed by atoms with Gasteiger partial charge in [-0.3, -0.25) is 9.52 Å². The van der Waals surface area contributed by atoms with E-state index in [2.05, 4.69) is 10.0 Å². The number of amides is 1. The third kappa shape index (κ3) is 2.99. The number of carbonyl (C=O) groups excluding carboxylic acids is 1. The molecule has 0 radical (unpaired) electrons. The van der Waals surface area contributed by atoms with Crippen molar-refractivity contribution in [1.29, 1.82) is 5.26 Å². The summed E-state index contributed by atoms with van der Waals surface area (Å²) in [7, 11) is -2.37. The second kappa shape index (κ2) is 5.51. The van der Waals surface area contributed by atoms with E-state index in [9.17, 15) is 13.2 Å². The number of para-hydroxylation sites is 1. The molecule has 0 unspecified atom stereocenters. The van der Waals surface area contributed by atoms with Gasteiger partial charge in [0.25, 0.3) is 5.91 Å². The lowest BCUT2D eigenvalue weighted by Gasteiger charge is -2.12. The molecular formula is C11H13N3O3S. The summed E-state index contributed by atoms with van der Waals surface area (Å²) in [6.07, 6.45) is 0. The van der Waals surface area contributed by atoms with Crippen molar-refractivity contribution in [2.75, 3.05) is 11.8 Å².